The van der Waals surface area contributed by atoms with E-state index in [1.807, 2.05) is 6.92 Å². The zero-order valence-electron chi connectivity index (χ0n) is 22.6. The van der Waals surface area contributed by atoms with Crippen molar-refractivity contribution in [2.24, 2.45) is 0 Å². The number of nitrogens with zero attached hydrogens (tertiary/aromatic N) is 3. The number of aryl methyl sites for hydroxylation is 4. The third kappa shape index (κ3) is 11.8. The molecule has 0 bridgehead atoms. The van der Waals surface area contributed by atoms with Gasteiger partial charge in [0, 0.05) is 39.9 Å². The Kier molecular flexibility index (Phi) is 13.9. The van der Waals surface area contributed by atoms with Gasteiger partial charge >= 0.3 is 0 Å². The van der Waals surface area contributed by atoms with Gasteiger partial charge in [-0.2, -0.15) is 0 Å². The number of non-ortho nitro benzene ring substituents is 1. The molecule has 4 aromatic rings. The number of halogens is 5. The molecule has 0 unspecified atom stereocenters. The van der Waals surface area contributed by atoms with Gasteiger partial charge in [-0.25, -0.2) is 17.6 Å². The number of nitro benzene ring substituents is 3. The molecule has 0 fully saturated rings. The van der Waals surface area contributed by atoms with Crippen molar-refractivity contribution in [1.82, 2.24) is 0 Å². The topological polar surface area (TPSA) is 129 Å². The van der Waals surface area contributed by atoms with Gasteiger partial charge in [0.15, 0.2) is 0 Å². The minimum absolute atomic E-state index is 0.0496. The summed E-state index contributed by atoms with van der Waals surface area (Å²) in [7, 11) is 0. The summed E-state index contributed by atoms with van der Waals surface area (Å²) in [6, 6.07) is 14.8. The summed E-state index contributed by atoms with van der Waals surface area (Å²) in [4.78, 5) is 29.1. The van der Waals surface area contributed by atoms with Crippen LogP contribution in [0.15, 0.2) is 77.3 Å². The van der Waals surface area contributed by atoms with Crippen LogP contribution in [0.25, 0.3) is 0 Å². The summed E-state index contributed by atoms with van der Waals surface area (Å²) >= 11 is 3.26. The molecule has 0 aromatic heterocycles. The molecular formula is C28H24BrF4N3O6. The van der Waals surface area contributed by atoms with Gasteiger partial charge in [0.2, 0.25) is 0 Å². The van der Waals surface area contributed by atoms with Crippen molar-refractivity contribution in [1.29, 1.82) is 0 Å². The third-order valence-corrected chi connectivity index (χ3v) is 6.07. The van der Waals surface area contributed by atoms with Gasteiger partial charge in [0.1, 0.15) is 23.3 Å². The van der Waals surface area contributed by atoms with E-state index in [0.717, 1.165) is 58.6 Å². The maximum Gasteiger partial charge on any atom is 0.272 e. The Labute approximate surface area is 246 Å². The summed E-state index contributed by atoms with van der Waals surface area (Å²) in [6.45, 7) is 6.35. The van der Waals surface area contributed by atoms with Gasteiger partial charge in [0.25, 0.3) is 17.1 Å². The van der Waals surface area contributed by atoms with E-state index in [1.165, 1.54) is 39.0 Å². The van der Waals surface area contributed by atoms with Gasteiger partial charge in [0.05, 0.1) is 14.8 Å². The molecule has 0 atom stereocenters. The van der Waals surface area contributed by atoms with Crippen LogP contribution in [0.1, 0.15) is 22.3 Å². The maximum absolute atomic E-state index is 12.4. The lowest BCUT2D eigenvalue weighted by Crippen LogP contribution is -1.93. The first-order valence-corrected chi connectivity index (χ1v) is 12.5. The number of benzene rings is 4. The fraction of sp³-hybridized carbons (Fsp3) is 0.143. The highest BCUT2D eigenvalue weighted by atomic mass is 79.9. The number of hydrogen-bond acceptors (Lipinski definition) is 6. The number of hydrogen-bond donors (Lipinski definition) is 0. The van der Waals surface area contributed by atoms with E-state index < -0.39 is 26.4 Å². The highest BCUT2D eigenvalue weighted by molar-refractivity contribution is 9.10. The predicted octanol–water partition coefficient (Wildman–Crippen LogP) is 9.02. The summed E-state index contributed by atoms with van der Waals surface area (Å²) in [5, 5.41) is 30.8. The molecule has 9 nitrogen and oxygen atoms in total. The van der Waals surface area contributed by atoms with Gasteiger partial charge in [-0.3, -0.25) is 30.3 Å². The quantitative estimate of drug-likeness (QED) is 0.123. The molecule has 0 saturated carbocycles. The molecule has 0 saturated heterocycles. The summed E-state index contributed by atoms with van der Waals surface area (Å²) in [6.07, 6.45) is 0. The first-order valence-electron chi connectivity index (χ1n) is 11.7. The van der Waals surface area contributed by atoms with Crippen molar-refractivity contribution < 1.29 is 32.3 Å². The second-order valence-electron chi connectivity index (χ2n) is 8.46. The Hall–Kier alpha value is -4.72. The summed E-state index contributed by atoms with van der Waals surface area (Å²) in [5.74, 6) is -1.39. The van der Waals surface area contributed by atoms with Gasteiger partial charge < -0.3 is 0 Å². The first kappa shape index (κ1) is 35.3. The molecule has 14 heteroatoms. The highest BCUT2D eigenvalue weighted by Gasteiger charge is 2.14. The molecule has 0 aliphatic rings. The Morgan fingerprint density at radius 2 is 0.929 bits per heavy atom. The Bertz CT molecular complexity index is 1540. The molecule has 4 rings (SSSR count). The Morgan fingerprint density at radius 1 is 0.524 bits per heavy atom. The molecule has 42 heavy (non-hydrogen) atoms. The number of nitro groups is 3. The zero-order chi connectivity index (χ0) is 32.1. The van der Waals surface area contributed by atoms with Crippen LogP contribution < -0.4 is 0 Å². The first-order chi connectivity index (χ1) is 19.5. The van der Waals surface area contributed by atoms with Crippen LogP contribution in [-0.4, -0.2) is 14.8 Å². The van der Waals surface area contributed by atoms with E-state index in [4.69, 9.17) is 0 Å². The molecule has 0 heterocycles. The zero-order valence-corrected chi connectivity index (χ0v) is 24.2. The lowest BCUT2D eigenvalue weighted by molar-refractivity contribution is -0.389. The molecule has 0 aliphatic heterocycles. The van der Waals surface area contributed by atoms with Crippen molar-refractivity contribution in [3.8, 4) is 0 Å². The Balaban J connectivity index is 0.000000283. The van der Waals surface area contributed by atoms with E-state index in [2.05, 4.69) is 15.9 Å². The van der Waals surface area contributed by atoms with Gasteiger partial charge in [-0.1, -0.05) is 15.9 Å². The molecule has 0 radical (unpaired) electrons. The standard InChI is InChI=1S/C7H6BrF.C7H6F2.C7H6FNO2.C7H6N2O4/c1-5-4-6(9)2-3-7(5)8;1-5-4-6(8)2-3-7(5)9;1-5-4-6(8)2-3-7(5)9(10)11;1-5-4-6(8(10)11)2-3-7(5)9(12)13/h2*2-4H,1H3;2-4H,1H3;2-4H,1H3. The monoisotopic (exact) mass is 653 g/mol. The molecule has 0 amide bonds. The summed E-state index contributed by atoms with van der Waals surface area (Å²) < 4.78 is 50.2. The fourth-order valence-electron chi connectivity index (χ4n) is 3.00. The van der Waals surface area contributed by atoms with Crippen LogP contribution in [0.4, 0.5) is 34.6 Å². The van der Waals surface area contributed by atoms with Crippen molar-refractivity contribution in [3.05, 3.63) is 153 Å². The van der Waals surface area contributed by atoms with E-state index in [0.29, 0.717) is 16.7 Å². The smallest absolute Gasteiger partial charge is 0.258 e. The molecule has 4 aromatic carbocycles. The second kappa shape index (κ2) is 16.5. The predicted molar refractivity (Wildman–Crippen MR) is 152 cm³/mol. The largest absolute Gasteiger partial charge is 0.272 e. The molecule has 0 aliphatic carbocycles. The minimum atomic E-state index is -0.587. The van der Waals surface area contributed by atoms with Crippen molar-refractivity contribution in [3.63, 3.8) is 0 Å². The van der Waals surface area contributed by atoms with Crippen LogP contribution >= 0.6 is 15.9 Å². The normalized spacial score (nSPS) is 9.64. The maximum atomic E-state index is 12.4. The van der Waals surface area contributed by atoms with E-state index in [-0.39, 0.29) is 28.7 Å². The van der Waals surface area contributed by atoms with Crippen molar-refractivity contribution >= 4 is 33.0 Å². The van der Waals surface area contributed by atoms with E-state index >= 15 is 0 Å². The minimum Gasteiger partial charge on any atom is -0.258 e. The van der Waals surface area contributed by atoms with Crippen LogP contribution in [0.5, 0.6) is 0 Å². The average molecular weight is 654 g/mol. The molecular weight excluding hydrogens is 630 g/mol. The van der Waals surface area contributed by atoms with Gasteiger partial charge in [-0.15, -0.1) is 0 Å². The SMILES string of the molecule is Cc1cc(F)ccc1Br.Cc1cc(F)ccc1F.Cc1cc(F)ccc1[N+](=O)[O-].Cc1cc([N+](=O)[O-])ccc1[N+](=O)[O-]. The number of rotatable bonds is 3. The molecule has 222 valence electrons. The van der Waals surface area contributed by atoms with Crippen LogP contribution in [0.2, 0.25) is 0 Å². The van der Waals surface area contributed by atoms with E-state index in [1.54, 1.807) is 6.07 Å². The Morgan fingerprint density at radius 3 is 1.29 bits per heavy atom. The lowest BCUT2D eigenvalue weighted by atomic mass is 10.2. The van der Waals surface area contributed by atoms with Crippen molar-refractivity contribution in [2.75, 3.05) is 0 Å². The van der Waals surface area contributed by atoms with Crippen LogP contribution in [0, 0.1) is 81.3 Å². The van der Waals surface area contributed by atoms with Crippen molar-refractivity contribution in [2.45, 2.75) is 27.7 Å². The summed E-state index contributed by atoms with van der Waals surface area (Å²) in [5.41, 5.74) is 1.61. The lowest BCUT2D eigenvalue weighted by Gasteiger charge is -1.95. The average Bonchev–Trinajstić information content (AvgIpc) is 2.89. The molecule has 0 spiro atoms. The second-order valence-corrected chi connectivity index (χ2v) is 9.31. The van der Waals surface area contributed by atoms with Crippen LogP contribution in [-0.2, 0) is 0 Å². The molecule has 0 N–H and O–H groups in total. The van der Waals surface area contributed by atoms with Crippen LogP contribution in [0.3, 0.4) is 0 Å². The van der Waals surface area contributed by atoms with Gasteiger partial charge in [-0.05, 0) is 87.4 Å². The highest BCUT2D eigenvalue weighted by Crippen LogP contribution is 2.22. The fourth-order valence-corrected chi connectivity index (χ4v) is 3.24. The van der Waals surface area contributed by atoms with E-state index in [9.17, 15) is 47.9 Å². The third-order valence-electron chi connectivity index (χ3n) is 5.18.